The van der Waals surface area contributed by atoms with E-state index in [2.05, 4.69) is 22.8 Å². The molecule has 0 spiro atoms. The van der Waals surface area contributed by atoms with Gasteiger partial charge in [0.2, 0.25) is 0 Å². The van der Waals surface area contributed by atoms with Gasteiger partial charge in [-0.25, -0.2) is 4.79 Å². The van der Waals surface area contributed by atoms with Gasteiger partial charge < -0.3 is 15.7 Å². The van der Waals surface area contributed by atoms with Crippen molar-refractivity contribution in [1.82, 2.24) is 10.6 Å². The van der Waals surface area contributed by atoms with E-state index in [0.717, 1.165) is 21.2 Å². The van der Waals surface area contributed by atoms with Crippen molar-refractivity contribution >= 4 is 28.1 Å². The molecule has 3 rings (SSSR count). The van der Waals surface area contributed by atoms with Crippen molar-refractivity contribution < 1.29 is 9.90 Å². The maximum Gasteiger partial charge on any atom is 0.315 e. The molecule has 0 unspecified atom stereocenters. The first-order valence-electron chi connectivity index (χ1n) is 7.44. The molecule has 0 aliphatic heterocycles. The minimum atomic E-state index is -0.668. The largest absolute Gasteiger partial charge is 0.386 e. The second-order valence-corrected chi connectivity index (χ2v) is 6.21. The lowest BCUT2D eigenvalue weighted by molar-refractivity contribution is 0.176. The standard InChI is InChI=1S/C18H18N2O2S/c21-16(17-9-4-10-23-17)12-20-18(22)19-11-14-7-3-6-13-5-1-2-8-15(13)14/h1-10,16,21H,11-12H2,(H2,19,20,22)/t16-/m0/s1. The summed E-state index contributed by atoms with van der Waals surface area (Å²) < 4.78 is 0. The molecule has 4 nitrogen and oxygen atoms in total. The van der Waals surface area contributed by atoms with Gasteiger partial charge in [-0.15, -0.1) is 11.3 Å². The number of hydrogen-bond acceptors (Lipinski definition) is 3. The fourth-order valence-corrected chi connectivity index (χ4v) is 3.17. The molecule has 3 aromatic rings. The van der Waals surface area contributed by atoms with Crippen LogP contribution in [0.5, 0.6) is 0 Å². The SMILES string of the molecule is O=C(NCc1cccc2ccccc12)NC[C@H](O)c1cccs1. The highest BCUT2D eigenvalue weighted by Crippen LogP contribution is 2.19. The Balaban J connectivity index is 1.54. The number of amides is 2. The van der Waals surface area contributed by atoms with Crippen molar-refractivity contribution in [2.45, 2.75) is 12.6 Å². The van der Waals surface area contributed by atoms with Gasteiger partial charge >= 0.3 is 6.03 Å². The van der Waals surface area contributed by atoms with Gasteiger partial charge in [0.15, 0.2) is 0 Å². The Hall–Kier alpha value is -2.37. The van der Waals surface area contributed by atoms with Gasteiger partial charge in [0.25, 0.3) is 0 Å². The van der Waals surface area contributed by atoms with E-state index in [4.69, 9.17) is 0 Å². The van der Waals surface area contributed by atoms with Crippen molar-refractivity contribution in [1.29, 1.82) is 0 Å². The Morgan fingerprint density at radius 2 is 1.87 bits per heavy atom. The number of benzene rings is 2. The summed E-state index contributed by atoms with van der Waals surface area (Å²) in [5.74, 6) is 0. The fraction of sp³-hybridized carbons (Fsp3) is 0.167. The summed E-state index contributed by atoms with van der Waals surface area (Å²) in [6, 6.07) is 17.6. The zero-order chi connectivity index (χ0) is 16.1. The molecule has 0 fully saturated rings. The van der Waals surface area contributed by atoms with Crippen LogP contribution in [0.1, 0.15) is 16.5 Å². The molecule has 1 aromatic heterocycles. The van der Waals surface area contributed by atoms with Crippen LogP contribution in [0.2, 0.25) is 0 Å². The fourth-order valence-electron chi connectivity index (χ4n) is 2.46. The van der Waals surface area contributed by atoms with Gasteiger partial charge in [0.1, 0.15) is 6.10 Å². The third kappa shape index (κ3) is 3.88. The van der Waals surface area contributed by atoms with Crippen molar-refractivity contribution in [3.05, 3.63) is 70.4 Å². The van der Waals surface area contributed by atoms with Crippen LogP contribution < -0.4 is 10.6 Å². The Morgan fingerprint density at radius 3 is 2.70 bits per heavy atom. The smallest absolute Gasteiger partial charge is 0.315 e. The number of fused-ring (bicyclic) bond motifs is 1. The van der Waals surface area contributed by atoms with E-state index >= 15 is 0 Å². The number of rotatable bonds is 5. The quantitative estimate of drug-likeness (QED) is 0.672. The summed E-state index contributed by atoms with van der Waals surface area (Å²) in [7, 11) is 0. The van der Waals surface area contributed by atoms with E-state index in [-0.39, 0.29) is 12.6 Å². The van der Waals surface area contributed by atoms with Crippen LogP contribution >= 0.6 is 11.3 Å². The summed E-state index contributed by atoms with van der Waals surface area (Å²) in [6.45, 7) is 0.643. The van der Waals surface area contributed by atoms with E-state index in [9.17, 15) is 9.90 Å². The summed E-state index contributed by atoms with van der Waals surface area (Å²) in [6.07, 6.45) is -0.668. The number of thiophene rings is 1. The van der Waals surface area contributed by atoms with Crippen molar-refractivity contribution in [3.8, 4) is 0 Å². The summed E-state index contributed by atoms with van der Waals surface area (Å²) >= 11 is 1.47. The van der Waals surface area contributed by atoms with Gasteiger partial charge in [-0.1, -0.05) is 48.5 Å². The van der Waals surface area contributed by atoms with Crippen molar-refractivity contribution in [2.75, 3.05) is 6.54 Å². The van der Waals surface area contributed by atoms with Gasteiger partial charge in [0.05, 0.1) is 6.54 Å². The zero-order valence-electron chi connectivity index (χ0n) is 12.5. The number of hydrogen-bond donors (Lipinski definition) is 3. The maximum atomic E-state index is 11.9. The number of carbonyl (C=O) groups is 1. The number of aliphatic hydroxyl groups excluding tert-OH is 1. The van der Waals surface area contributed by atoms with Crippen LogP contribution in [-0.2, 0) is 6.54 Å². The van der Waals surface area contributed by atoms with Crippen LogP contribution in [0, 0.1) is 0 Å². The molecule has 0 radical (unpaired) electrons. The lowest BCUT2D eigenvalue weighted by Gasteiger charge is -2.12. The average Bonchev–Trinajstić information content (AvgIpc) is 3.12. The molecule has 1 atom stereocenters. The molecule has 0 saturated carbocycles. The first kappa shape index (κ1) is 15.5. The topological polar surface area (TPSA) is 61.4 Å². The highest BCUT2D eigenvalue weighted by molar-refractivity contribution is 7.10. The molecule has 118 valence electrons. The highest BCUT2D eigenvalue weighted by Gasteiger charge is 2.10. The lowest BCUT2D eigenvalue weighted by Crippen LogP contribution is -2.37. The minimum absolute atomic E-state index is 0.196. The molecule has 1 heterocycles. The van der Waals surface area contributed by atoms with Gasteiger partial charge in [-0.05, 0) is 27.8 Å². The number of nitrogens with one attached hydrogen (secondary N) is 2. The summed E-state index contributed by atoms with van der Waals surface area (Å²) in [5, 5.41) is 19.7. The molecular formula is C18H18N2O2S. The van der Waals surface area contributed by atoms with E-state index in [0.29, 0.717) is 6.54 Å². The summed E-state index contributed by atoms with van der Waals surface area (Å²) in [4.78, 5) is 12.7. The summed E-state index contributed by atoms with van der Waals surface area (Å²) in [5.41, 5.74) is 1.07. The molecule has 23 heavy (non-hydrogen) atoms. The van der Waals surface area contributed by atoms with Crippen LogP contribution in [-0.4, -0.2) is 17.7 Å². The van der Waals surface area contributed by atoms with Gasteiger partial charge in [-0.2, -0.15) is 0 Å². The average molecular weight is 326 g/mol. The molecule has 5 heteroatoms. The molecular weight excluding hydrogens is 308 g/mol. The second-order valence-electron chi connectivity index (χ2n) is 5.23. The van der Waals surface area contributed by atoms with Gasteiger partial charge in [0, 0.05) is 11.4 Å². The minimum Gasteiger partial charge on any atom is -0.386 e. The van der Waals surface area contributed by atoms with Crippen LogP contribution in [0.3, 0.4) is 0 Å². The van der Waals surface area contributed by atoms with Crippen LogP contribution in [0.4, 0.5) is 4.79 Å². The van der Waals surface area contributed by atoms with E-state index < -0.39 is 6.10 Å². The number of aliphatic hydroxyl groups is 1. The predicted molar refractivity (Wildman–Crippen MR) is 93.5 cm³/mol. The van der Waals surface area contributed by atoms with Crippen LogP contribution in [0.15, 0.2) is 60.0 Å². The normalized spacial score (nSPS) is 12.0. The Morgan fingerprint density at radius 1 is 1.04 bits per heavy atom. The highest BCUT2D eigenvalue weighted by atomic mass is 32.1. The number of urea groups is 1. The molecule has 2 amide bonds. The third-order valence-corrected chi connectivity index (χ3v) is 4.62. The zero-order valence-corrected chi connectivity index (χ0v) is 13.3. The van der Waals surface area contributed by atoms with E-state index in [1.54, 1.807) is 0 Å². The molecule has 2 aromatic carbocycles. The number of carbonyl (C=O) groups excluding carboxylic acids is 1. The molecule has 0 aliphatic carbocycles. The first-order chi connectivity index (χ1) is 11.2. The maximum absolute atomic E-state index is 11.9. The molecule has 0 bridgehead atoms. The van der Waals surface area contributed by atoms with Gasteiger partial charge in [-0.3, -0.25) is 0 Å². The predicted octanol–water partition coefficient (Wildman–Crippen LogP) is 3.43. The Bertz CT molecular complexity index is 781. The van der Waals surface area contributed by atoms with E-state index in [1.807, 2.05) is 47.8 Å². The third-order valence-electron chi connectivity index (χ3n) is 3.65. The first-order valence-corrected chi connectivity index (χ1v) is 8.32. The van der Waals surface area contributed by atoms with Crippen molar-refractivity contribution in [3.63, 3.8) is 0 Å². The molecule has 0 saturated heterocycles. The monoisotopic (exact) mass is 326 g/mol. The second kappa shape index (κ2) is 7.26. The molecule has 3 N–H and O–H groups in total. The molecule has 0 aliphatic rings. The van der Waals surface area contributed by atoms with Crippen LogP contribution in [0.25, 0.3) is 10.8 Å². The van der Waals surface area contributed by atoms with E-state index in [1.165, 1.54) is 11.3 Å². The lowest BCUT2D eigenvalue weighted by atomic mass is 10.0. The Labute approximate surface area is 138 Å². The Kier molecular flexibility index (Phi) is 4.90. The van der Waals surface area contributed by atoms with Crippen molar-refractivity contribution in [2.24, 2.45) is 0 Å².